The second-order valence-electron chi connectivity index (χ2n) is 2.70. The number of carbonyl (C=O) groups excluding carboxylic acids is 1. The van der Waals surface area contributed by atoms with Crippen LogP contribution in [0.25, 0.3) is 0 Å². The molecule has 1 aromatic rings. The van der Waals surface area contributed by atoms with E-state index in [1.807, 2.05) is 0 Å². The summed E-state index contributed by atoms with van der Waals surface area (Å²) < 4.78 is 1.48. The van der Waals surface area contributed by atoms with Gasteiger partial charge in [0.05, 0.1) is 6.20 Å². The lowest BCUT2D eigenvalue weighted by molar-refractivity contribution is -0.130. The summed E-state index contributed by atoms with van der Waals surface area (Å²) in [6, 6.07) is 0. The van der Waals surface area contributed by atoms with Crippen molar-refractivity contribution in [3.05, 3.63) is 12.4 Å². The van der Waals surface area contributed by atoms with Gasteiger partial charge in [-0.25, -0.2) is 4.68 Å². The van der Waals surface area contributed by atoms with Crippen molar-refractivity contribution in [3.8, 4) is 0 Å². The summed E-state index contributed by atoms with van der Waals surface area (Å²) in [7, 11) is 1.71. The van der Waals surface area contributed by atoms with Crippen LogP contribution in [0.4, 0.5) is 0 Å². The summed E-state index contributed by atoms with van der Waals surface area (Å²) in [5.41, 5.74) is 5.31. The fourth-order valence-corrected chi connectivity index (χ4v) is 0.895. The molecule has 1 heterocycles. The lowest BCUT2D eigenvalue weighted by Crippen LogP contribution is -2.34. The molecule has 0 saturated heterocycles. The van der Waals surface area contributed by atoms with Gasteiger partial charge in [0, 0.05) is 26.3 Å². The van der Waals surface area contributed by atoms with E-state index in [1.165, 1.54) is 10.9 Å². The Hall–Kier alpha value is -1.43. The summed E-state index contributed by atoms with van der Waals surface area (Å²) in [5, 5.41) is 7.28. The predicted octanol–water partition coefficient (Wildman–Crippen LogP) is -1.30. The molecular weight excluding hydrogens is 170 g/mol. The molecule has 1 amide bonds. The van der Waals surface area contributed by atoms with Crippen LogP contribution in [0.15, 0.2) is 12.4 Å². The summed E-state index contributed by atoms with van der Waals surface area (Å²) in [5.74, 6) is -0.0176. The molecule has 1 aromatic heterocycles. The normalized spacial score (nSPS) is 10.0. The standard InChI is InChI=1S/C7H13N5O/c1-11(4-2-8)7(13)6-12-5-3-9-10-12/h3,5H,2,4,6,8H2,1H3. The molecule has 2 N–H and O–H groups in total. The van der Waals surface area contributed by atoms with Crippen LogP contribution in [0, 0.1) is 0 Å². The summed E-state index contributed by atoms with van der Waals surface area (Å²) in [4.78, 5) is 13.0. The smallest absolute Gasteiger partial charge is 0.244 e. The van der Waals surface area contributed by atoms with Gasteiger partial charge in [-0.1, -0.05) is 5.21 Å². The van der Waals surface area contributed by atoms with Crippen LogP contribution in [-0.2, 0) is 11.3 Å². The van der Waals surface area contributed by atoms with Gasteiger partial charge in [-0.05, 0) is 0 Å². The van der Waals surface area contributed by atoms with Gasteiger partial charge in [0.1, 0.15) is 6.54 Å². The topological polar surface area (TPSA) is 77.0 Å². The minimum absolute atomic E-state index is 0.0176. The van der Waals surface area contributed by atoms with Gasteiger partial charge >= 0.3 is 0 Å². The molecule has 0 bridgehead atoms. The van der Waals surface area contributed by atoms with Crippen molar-refractivity contribution in [2.24, 2.45) is 5.73 Å². The van der Waals surface area contributed by atoms with Crippen molar-refractivity contribution in [1.29, 1.82) is 0 Å². The maximum atomic E-state index is 11.4. The number of nitrogens with zero attached hydrogens (tertiary/aromatic N) is 4. The van der Waals surface area contributed by atoms with Crippen LogP contribution in [-0.4, -0.2) is 45.9 Å². The number of likely N-dealkylation sites (N-methyl/N-ethyl adjacent to an activating group) is 1. The number of hydrogen-bond acceptors (Lipinski definition) is 4. The Bertz CT molecular complexity index is 258. The van der Waals surface area contributed by atoms with Crippen molar-refractivity contribution in [3.63, 3.8) is 0 Å². The van der Waals surface area contributed by atoms with Gasteiger partial charge < -0.3 is 10.6 Å². The summed E-state index contributed by atoms with van der Waals surface area (Å²) in [6.45, 7) is 1.25. The SMILES string of the molecule is CN(CCN)C(=O)Cn1ccnn1. The van der Waals surface area contributed by atoms with Crippen molar-refractivity contribution < 1.29 is 4.79 Å². The van der Waals surface area contributed by atoms with Gasteiger partial charge in [-0.2, -0.15) is 0 Å². The Kier molecular flexibility index (Phi) is 3.39. The minimum Gasteiger partial charge on any atom is -0.343 e. The quantitative estimate of drug-likeness (QED) is 0.629. The van der Waals surface area contributed by atoms with Gasteiger partial charge in [-0.15, -0.1) is 5.10 Å². The average Bonchev–Trinajstić information content (AvgIpc) is 2.57. The Balaban J connectivity index is 2.41. The van der Waals surface area contributed by atoms with Gasteiger partial charge in [-0.3, -0.25) is 4.79 Å². The van der Waals surface area contributed by atoms with E-state index < -0.39 is 0 Å². The van der Waals surface area contributed by atoms with Crippen molar-refractivity contribution in [2.75, 3.05) is 20.1 Å². The third-order valence-corrected chi connectivity index (χ3v) is 1.66. The second kappa shape index (κ2) is 4.56. The predicted molar refractivity (Wildman–Crippen MR) is 46.7 cm³/mol. The van der Waals surface area contributed by atoms with Crippen LogP contribution >= 0.6 is 0 Å². The van der Waals surface area contributed by atoms with E-state index in [-0.39, 0.29) is 12.5 Å². The van der Waals surface area contributed by atoms with Gasteiger partial charge in [0.25, 0.3) is 0 Å². The first-order valence-corrected chi connectivity index (χ1v) is 4.02. The Morgan fingerprint density at radius 2 is 2.46 bits per heavy atom. The minimum atomic E-state index is -0.0176. The Morgan fingerprint density at radius 3 is 3.00 bits per heavy atom. The van der Waals surface area contributed by atoms with Crippen LogP contribution in [0.5, 0.6) is 0 Å². The molecule has 0 atom stereocenters. The first-order chi connectivity index (χ1) is 6.24. The van der Waals surface area contributed by atoms with Crippen LogP contribution in [0.1, 0.15) is 0 Å². The third kappa shape index (κ3) is 2.83. The highest BCUT2D eigenvalue weighted by Crippen LogP contribution is 1.88. The lowest BCUT2D eigenvalue weighted by atomic mass is 10.5. The fraction of sp³-hybridized carbons (Fsp3) is 0.571. The zero-order chi connectivity index (χ0) is 9.68. The largest absolute Gasteiger partial charge is 0.343 e. The molecule has 0 aliphatic carbocycles. The monoisotopic (exact) mass is 183 g/mol. The molecule has 0 aromatic carbocycles. The first kappa shape index (κ1) is 9.66. The second-order valence-corrected chi connectivity index (χ2v) is 2.70. The molecule has 0 aliphatic rings. The molecule has 72 valence electrons. The van der Waals surface area contributed by atoms with E-state index in [9.17, 15) is 4.79 Å². The number of nitrogens with two attached hydrogens (primary N) is 1. The highest BCUT2D eigenvalue weighted by molar-refractivity contribution is 5.75. The number of aromatic nitrogens is 3. The Morgan fingerprint density at radius 1 is 1.69 bits per heavy atom. The van der Waals surface area contributed by atoms with E-state index in [1.54, 1.807) is 18.1 Å². The molecular formula is C7H13N5O. The van der Waals surface area contributed by atoms with Crippen molar-refractivity contribution in [2.45, 2.75) is 6.54 Å². The van der Waals surface area contributed by atoms with E-state index in [4.69, 9.17) is 5.73 Å². The van der Waals surface area contributed by atoms with Crippen LogP contribution in [0.2, 0.25) is 0 Å². The lowest BCUT2D eigenvalue weighted by Gasteiger charge is -2.15. The molecule has 6 heteroatoms. The van der Waals surface area contributed by atoms with Crippen molar-refractivity contribution >= 4 is 5.91 Å². The molecule has 13 heavy (non-hydrogen) atoms. The van der Waals surface area contributed by atoms with E-state index >= 15 is 0 Å². The molecule has 1 rings (SSSR count). The van der Waals surface area contributed by atoms with Gasteiger partial charge in [0.15, 0.2) is 0 Å². The molecule has 0 spiro atoms. The van der Waals surface area contributed by atoms with E-state index in [0.29, 0.717) is 13.1 Å². The number of amides is 1. The van der Waals surface area contributed by atoms with E-state index in [2.05, 4.69) is 10.3 Å². The maximum Gasteiger partial charge on any atom is 0.244 e. The van der Waals surface area contributed by atoms with Crippen LogP contribution in [0.3, 0.4) is 0 Å². The molecule has 0 radical (unpaired) electrons. The third-order valence-electron chi connectivity index (χ3n) is 1.66. The number of hydrogen-bond donors (Lipinski definition) is 1. The van der Waals surface area contributed by atoms with Crippen LogP contribution < -0.4 is 5.73 Å². The molecule has 0 fully saturated rings. The number of carbonyl (C=O) groups is 1. The van der Waals surface area contributed by atoms with E-state index in [0.717, 1.165) is 0 Å². The molecule has 6 nitrogen and oxygen atoms in total. The maximum absolute atomic E-state index is 11.4. The fourth-order valence-electron chi connectivity index (χ4n) is 0.895. The number of rotatable bonds is 4. The highest BCUT2D eigenvalue weighted by atomic mass is 16.2. The summed E-state index contributed by atoms with van der Waals surface area (Å²) >= 11 is 0. The Labute approximate surface area is 76.3 Å². The van der Waals surface area contributed by atoms with Gasteiger partial charge in [0.2, 0.25) is 5.91 Å². The zero-order valence-electron chi connectivity index (χ0n) is 7.55. The zero-order valence-corrected chi connectivity index (χ0v) is 7.55. The molecule has 0 aliphatic heterocycles. The average molecular weight is 183 g/mol. The molecule has 0 saturated carbocycles. The first-order valence-electron chi connectivity index (χ1n) is 4.02. The molecule has 0 unspecified atom stereocenters. The highest BCUT2D eigenvalue weighted by Gasteiger charge is 2.07. The summed E-state index contributed by atoms with van der Waals surface area (Å²) in [6.07, 6.45) is 3.18. The van der Waals surface area contributed by atoms with Crippen molar-refractivity contribution in [1.82, 2.24) is 19.9 Å².